The predicted molar refractivity (Wildman–Crippen MR) is 116 cm³/mol. The number of halogens is 1. The lowest BCUT2D eigenvalue weighted by Crippen LogP contribution is -2.23. The second-order valence-corrected chi connectivity index (χ2v) is 7.28. The number of rotatable bonds is 5. The third-order valence-corrected chi connectivity index (χ3v) is 5.31. The Balaban J connectivity index is 1.62. The van der Waals surface area contributed by atoms with Crippen LogP contribution in [0.15, 0.2) is 60.3 Å². The van der Waals surface area contributed by atoms with Crippen LogP contribution in [0.3, 0.4) is 0 Å². The molecule has 0 fully saturated rings. The molecule has 1 aromatic carbocycles. The number of pyridine rings is 1. The minimum absolute atomic E-state index is 0.176. The zero-order chi connectivity index (χ0) is 21.4. The number of aromatic nitrogens is 5. The molecule has 4 aromatic rings. The minimum Gasteiger partial charge on any atom is -0.324 e. The summed E-state index contributed by atoms with van der Waals surface area (Å²) in [5.74, 6) is -0.242. The summed E-state index contributed by atoms with van der Waals surface area (Å²) in [6, 6.07) is 7.63. The molecule has 0 amide bonds. The van der Waals surface area contributed by atoms with Gasteiger partial charge in [-0.2, -0.15) is 4.98 Å². The van der Waals surface area contributed by atoms with Crippen LogP contribution >= 0.6 is 0 Å². The molecule has 0 radical (unpaired) electrons. The van der Waals surface area contributed by atoms with E-state index in [2.05, 4.69) is 44.3 Å². The van der Waals surface area contributed by atoms with E-state index in [0.717, 1.165) is 31.4 Å². The molecule has 0 aliphatic carbocycles. The zero-order valence-electron chi connectivity index (χ0n) is 16.7. The molecule has 9 heteroatoms. The maximum Gasteiger partial charge on any atom is 0.278 e. The van der Waals surface area contributed by atoms with E-state index in [1.54, 1.807) is 6.08 Å². The van der Waals surface area contributed by atoms with Crippen LogP contribution in [0, 0.1) is 5.82 Å². The van der Waals surface area contributed by atoms with Crippen LogP contribution in [0.2, 0.25) is 0 Å². The minimum atomic E-state index is -0.561. The van der Waals surface area contributed by atoms with E-state index in [-0.39, 0.29) is 17.8 Å². The van der Waals surface area contributed by atoms with E-state index in [0.29, 0.717) is 17.0 Å². The third-order valence-electron chi connectivity index (χ3n) is 5.31. The SMILES string of the molecule is C=CCn1c(=O)c2cnc(Nc3ccc4c(c3)CCNC4)nc2n1-c1ccncc1F. The van der Waals surface area contributed by atoms with Crippen molar-refractivity contribution in [3.63, 3.8) is 0 Å². The molecule has 0 atom stereocenters. The summed E-state index contributed by atoms with van der Waals surface area (Å²) in [7, 11) is 0. The van der Waals surface area contributed by atoms with E-state index in [1.165, 1.54) is 39.0 Å². The Morgan fingerprint density at radius 1 is 1.26 bits per heavy atom. The Morgan fingerprint density at radius 2 is 2.16 bits per heavy atom. The van der Waals surface area contributed by atoms with E-state index >= 15 is 0 Å². The Kier molecular flexibility index (Phi) is 4.79. The number of benzene rings is 1. The van der Waals surface area contributed by atoms with Gasteiger partial charge >= 0.3 is 0 Å². The number of hydrogen-bond donors (Lipinski definition) is 2. The molecule has 4 heterocycles. The van der Waals surface area contributed by atoms with Crippen LogP contribution in [0.25, 0.3) is 16.7 Å². The van der Waals surface area contributed by atoms with Crippen molar-refractivity contribution in [3.05, 3.63) is 82.8 Å². The van der Waals surface area contributed by atoms with Crippen molar-refractivity contribution in [1.29, 1.82) is 0 Å². The first-order valence-corrected chi connectivity index (χ1v) is 9.94. The van der Waals surface area contributed by atoms with Gasteiger partial charge in [-0.3, -0.25) is 9.78 Å². The first-order valence-electron chi connectivity index (χ1n) is 9.94. The van der Waals surface area contributed by atoms with Crippen molar-refractivity contribution >= 4 is 22.7 Å². The van der Waals surface area contributed by atoms with Crippen molar-refractivity contribution in [1.82, 2.24) is 29.6 Å². The first kappa shape index (κ1) is 19.1. The topological polar surface area (TPSA) is 89.7 Å². The quantitative estimate of drug-likeness (QED) is 0.486. The molecule has 0 saturated heterocycles. The van der Waals surface area contributed by atoms with Crippen molar-refractivity contribution in [3.8, 4) is 5.69 Å². The summed E-state index contributed by atoms with van der Waals surface area (Å²) in [6.45, 7) is 5.70. The summed E-state index contributed by atoms with van der Waals surface area (Å²) >= 11 is 0. The van der Waals surface area contributed by atoms with Gasteiger partial charge in [0.1, 0.15) is 11.1 Å². The van der Waals surface area contributed by atoms with Gasteiger partial charge < -0.3 is 10.6 Å². The molecular weight excluding hydrogens is 397 g/mol. The fourth-order valence-corrected chi connectivity index (χ4v) is 3.84. The van der Waals surface area contributed by atoms with Crippen molar-refractivity contribution in [2.24, 2.45) is 0 Å². The normalized spacial score (nSPS) is 13.2. The molecule has 31 heavy (non-hydrogen) atoms. The molecule has 0 bridgehead atoms. The van der Waals surface area contributed by atoms with E-state index in [1.807, 2.05) is 6.07 Å². The lowest BCUT2D eigenvalue weighted by atomic mass is 10.0. The largest absolute Gasteiger partial charge is 0.324 e. The van der Waals surface area contributed by atoms with Crippen molar-refractivity contribution in [2.45, 2.75) is 19.5 Å². The summed E-state index contributed by atoms with van der Waals surface area (Å²) in [6.07, 6.45) is 6.56. The first-order chi connectivity index (χ1) is 15.2. The molecule has 3 aromatic heterocycles. The van der Waals surface area contributed by atoms with Gasteiger partial charge in [0.25, 0.3) is 5.56 Å². The summed E-state index contributed by atoms with van der Waals surface area (Å²) in [5.41, 5.74) is 3.56. The van der Waals surface area contributed by atoms with Crippen molar-refractivity contribution in [2.75, 3.05) is 11.9 Å². The lowest BCUT2D eigenvalue weighted by Gasteiger charge is -2.18. The van der Waals surface area contributed by atoms with Crippen LogP contribution in [-0.2, 0) is 19.5 Å². The number of allylic oxidation sites excluding steroid dienone is 1. The fourth-order valence-electron chi connectivity index (χ4n) is 3.84. The highest BCUT2D eigenvalue weighted by Gasteiger charge is 2.19. The average molecular weight is 417 g/mol. The Labute approximate surface area is 177 Å². The molecule has 156 valence electrons. The monoisotopic (exact) mass is 417 g/mol. The van der Waals surface area contributed by atoms with Crippen LogP contribution in [0.4, 0.5) is 16.0 Å². The highest BCUT2D eigenvalue weighted by atomic mass is 19.1. The number of anilines is 2. The maximum absolute atomic E-state index is 14.6. The maximum atomic E-state index is 14.6. The third kappa shape index (κ3) is 3.38. The van der Waals surface area contributed by atoms with Crippen molar-refractivity contribution < 1.29 is 4.39 Å². The van der Waals surface area contributed by atoms with Gasteiger partial charge in [-0.1, -0.05) is 12.1 Å². The second kappa shape index (κ2) is 7.77. The molecule has 2 N–H and O–H groups in total. The Hall–Kier alpha value is -3.85. The number of hydrogen-bond acceptors (Lipinski definition) is 6. The highest BCUT2D eigenvalue weighted by Crippen LogP contribution is 2.23. The number of nitrogens with one attached hydrogen (secondary N) is 2. The highest BCUT2D eigenvalue weighted by molar-refractivity contribution is 5.77. The molecule has 0 saturated carbocycles. The van der Waals surface area contributed by atoms with E-state index in [9.17, 15) is 9.18 Å². The number of nitrogens with zero attached hydrogens (tertiary/aromatic N) is 5. The summed E-state index contributed by atoms with van der Waals surface area (Å²) < 4.78 is 17.4. The molecule has 0 unspecified atom stereocenters. The smallest absolute Gasteiger partial charge is 0.278 e. The van der Waals surface area contributed by atoms with Crippen LogP contribution in [0.1, 0.15) is 11.1 Å². The summed E-state index contributed by atoms with van der Waals surface area (Å²) in [5, 5.41) is 6.85. The zero-order valence-corrected chi connectivity index (χ0v) is 16.7. The van der Waals surface area contributed by atoms with Gasteiger partial charge in [-0.25, -0.2) is 18.7 Å². The van der Waals surface area contributed by atoms with E-state index < -0.39 is 5.82 Å². The molecule has 1 aliphatic heterocycles. The number of fused-ring (bicyclic) bond motifs is 2. The van der Waals surface area contributed by atoms with Crippen LogP contribution < -0.4 is 16.2 Å². The molecule has 1 aliphatic rings. The van der Waals surface area contributed by atoms with Gasteiger partial charge in [-0.15, -0.1) is 6.58 Å². The fraction of sp³-hybridized carbons (Fsp3) is 0.182. The van der Waals surface area contributed by atoms with Gasteiger partial charge in [0.05, 0.1) is 12.7 Å². The Bertz CT molecular complexity index is 1360. The average Bonchev–Trinajstić information content (AvgIpc) is 3.05. The van der Waals surface area contributed by atoms with Gasteiger partial charge in [0.2, 0.25) is 5.95 Å². The van der Waals surface area contributed by atoms with Gasteiger partial charge in [0.15, 0.2) is 11.5 Å². The second-order valence-electron chi connectivity index (χ2n) is 7.28. The standard InChI is InChI=1S/C22H20FN7O/c1-2-9-29-21(31)17-12-26-22(27-16-4-3-15-11-24-7-5-14(15)10-16)28-20(17)30(29)19-6-8-25-13-18(19)23/h2-4,6,8,10,12-13,24H,1,5,7,9,11H2,(H,26,27,28). The predicted octanol–water partition coefficient (Wildman–Crippen LogP) is 2.69. The van der Waals surface area contributed by atoms with E-state index in [4.69, 9.17) is 0 Å². The molecule has 0 spiro atoms. The summed E-state index contributed by atoms with van der Waals surface area (Å²) in [4.78, 5) is 25.6. The Morgan fingerprint density at radius 3 is 3.00 bits per heavy atom. The lowest BCUT2D eigenvalue weighted by molar-refractivity contribution is 0.559. The van der Waals surface area contributed by atoms with Crippen LogP contribution in [-0.4, -0.2) is 30.9 Å². The van der Waals surface area contributed by atoms with Crippen LogP contribution in [0.5, 0.6) is 0 Å². The van der Waals surface area contributed by atoms with Gasteiger partial charge in [-0.05, 0) is 42.3 Å². The van der Waals surface area contributed by atoms with Gasteiger partial charge in [0, 0.05) is 24.6 Å². The molecule has 8 nitrogen and oxygen atoms in total. The molecular formula is C22H20FN7O. The molecule has 5 rings (SSSR count).